The molecular weight excluding hydrogens is 356 g/mol. The number of thioether (sulfide) groups is 1. The molecule has 2 N–H and O–H groups in total. The molecule has 1 saturated heterocycles. The molecule has 5 nitrogen and oxygen atoms in total. The zero-order chi connectivity index (χ0) is 19.6. The second-order valence-corrected chi connectivity index (χ2v) is 8.87. The number of hydrogen-bond donors (Lipinski definition) is 2. The van der Waals surface area contributed by atoms with Crippen molar-refractivity contribution in [2.24, 2.45) is 10.9 Å². The molecule has 1 unspecified atom stereocenters. The number of carbonyl (C=O) groups excluding carboxylic acids is 1. The minimum atomic E-state index is 0.0805. The predicted molar refractivity (Wildman–Crippen MR) is 115 cm³/mol. The number of carbonyl (C=O) groups is 1. The van der Waals surface area contributed by atoms with Gasteiger partial charge in [0.15, 0.2) is 5.96 Å². The molecule has 6 heteroatoms. The van der Waals surface area contributed by atoms with Crippen molar-refractivity contribution in [2.75, 3.05) is 26.2 Å². The van der Waals surface area contributed by atoms with Crippen LogP contribution in [0, 0.1) is 5.92 Å². The fourth-order valence-corrected chi connectivity index (χ4v) is 4.04. The maximum Gasteiger partial charge on any atom is 0.225 e. The van der Waals surface area contributed by atoms with Gasteiger partial charge < -0.3 is 15.5 Å². The summed E-state index contributed by atoms with van der Waals surface area (Å²) in [5, 5.41) is 7.32. The fourth-order valence-electron chi connectivity index (χ4n) is 3.11. The highest BCUT2D eigenvalue weighted by Crippen LogP contribution is 2.22. The molecule has 0 bridgehead atoms. The number of likely N-dealkylation sites (tertiary alicyclic amines) is 1. The van der Waals surface area contributed by atoms with Gasteiger partial charge >= 0.3 is 0 Å². The molecule has 1 amide bonds. The van der Waals surface area contributed by atoms with E-state index >= 15 is 0 Å². The standard InChI is InChI=1S/C21H34N4OS/c1-5-22-21(23-15-17(4)27-19-9-7-6-8-10-19)24-18-11-13-25(14-12-18)20(26)16(2)3/h6-10,16-18H,5,11-15H2,1-4H3,(H2,22,23,24). The zero-order valence-corrected chi connectivity index (χ0v) is 17.9. The topological polar surface area (TPSA) is 56.7 Å². The second kappa shape index (κ2) is 11.2. The quantitative estimate of drug-likeness (QED) is 0.426. The number of aliphatic imine (C=N–C) groups is 1. The molecule has 0 saturated carbocycles. The van der Waals surface area contributed by atoms with E-state index in [0.29, 0.717) is 11.3 Å². The number of piperidine rings is 1. The molecule has 0 radical (unpaired) electrons. The Morgan fingerprint density at radius 1 is 1.22 bits per heavy atom. The number of rotatable bonds is 7. The minimum Gasteiger partial charge on any atom is -0.357 e. The summed E-state index contributed by atoms with van der Waals surface area (Å²) in [6, 6.07) is 10.8. The summed E-state index contributed by atoms with van der Waals surface area (Å²) in [6.45, 7) is 11.5. The van der Waals surface area contributed by atoms with Gasteiger partial charge in [-0.2, -0.15) is 0 Å². The van der Waals surface area contributed by atoms with Gasteiger partial charge in [0.1, 0.15) is 0 Å². The van der Waals surface area contributed by atoms with Gasteiger partial charge in [-0.1, -0.05) is 39.0 Å². The number of guanidine groups is 1. The lowest BCUT2D eigenvalue weighted by Crippen LogP contribution is -2.50. The van der Waals surface area contributed by atoms with Crippen molar-refractivity contribution in [2.45, 2.75) is 56.7 Å². The Morgan fingerprint density at radius 3 is 2.48 bits per heavy atom. The third kappa shape index (κ3) is 7.45. The summed E-state index contributed by atoms with van der Waals surface area (Å²) >= 11 is 1.85. The Morgan fingerprint density at radius 2 is 1.89 bits per heavy atom. The highest BCUT2D eigenvalue weighted by molar-refractivity contribution is 8.00. The molecule has 1 heterocycles. The molecule has 1 aromatic carbocycles. The van der Waals surface area contributed by atoms with Crippen molar-refractivity contribution in [1.82, 2.24) is 15.5 Å². The van der Waals surface area contributed by atoms with Crippen LogP contribution in [0.15, 0.2) is 40.2 Å². The highest BCUT2D eigenvalue weighted by Gasteiger charge is 2.24. The Kier molecular flexibility index (Phi) is 8.98. The van der Waals surface area contributed by atoms with Gasteiger partial charge in [0, 0.05) is 41.7 Å². The molecule has 1 fully saturated rings. The Labute approximate surface area is 168 Å². The summed E-state index contributed by atoms with van der Waals surface area (Å²) in [4.78, 5) is 20.2. The number of hydrogen-bond acceptors (Lipinski definition) is 3. The van der Waals surface area contributed by atoms with Crippen molar-refractivity contribution >= 4 is 23.6 Å². The fraction of sp³-hybridized carbons (Fsp3) is 0.619. The first-order valence-electron chi connectivity index (χ1n) is 10.0. The normalized spacial score (nSPS) is 17.1. The van der Waals surface area contributed by atoms with Gasteiger partial charge in [0.05, 0.1) is 6.54 Å². The average Bonchev–Trinajstić information content (AvgIpc) is 2.67. The second-order valence-electron chi connectivity index (χ2n) is 7.36. The van der Waals surface area contributed by atoms with Crippen LogP contribution < -0.4 is 10.6 Å². The smallest absolute Gasteiger partial charge is 0.225 e. The number of benzene rings is 1. The van der Waals surface area contributed by atoms with Gasteiger partial charge in [-0.25, -0.2) is 0 Å². The Hall–Kier alpha value is -1.69. The summed E-state index contributed by atoms with van der Waals surface area (Å²) in [7, 11) is 0. The van der Waals surface area contributed by atoms with Crippen LogP contribution in [0.25, 0.3) is 0 Å². The van der Waals surface area contributed by atoms with E-state index < -0.39 is 0 Å². The van der Waals surface area contributed by atoms with Crippen LogP contribution in [-0.4, -0.2) is 54.2 Å². The number of nitrogens with one attached hydrogen (secondary N) is 2. The van der Waals surface area contributed by atoms with Crippen LogP contribution in [0.2, 0.25) is 0 Å². The molecule has 2 rings (SSSR count). The Bertz CT molecular complexity index is 597. The first kappa shape index (κ1) is 21.6. The van der Waals surface area contributed by atoms with E-state index in [1.165, 1.54) is 4.90 Å². The molecule has 1 aliphatic rings. The largest absolute Gasteiger partial charge is 0.357 e. The van der Waals surface area contributed by atoms with Crippen molar-refractivity contribution in [1.29, 1.82) is 0 Å². The van der Waals surface area contributed by atoms with Gasteiger partial charge in [0.2, 0.25) is 5.91 Å². The van der Waals surface area contributed by atoms with Crippen LogP contribution in [0.3, 0.4) is 0 Å². The monoisotopic (exact) mass is 390 g/mol. The molecule has 1 atom stereocenters. The van der Waals surface area contributed by atoms with Crippen molar-refractivity contribution in [3.8, 4) is 0 Å². The molecule has 0 aliphatic carbocycles. The first-order chi connectivity index (χ1) is 13.0. The third-order valence-electron chi connectivity index (χ3n) is 4.57. The van der Waals surface area contributed by atoms with E-state index in [2.05, 4.69) is 48.7 Å². The third-order valence-corrected chi connectivity index (χ3v) is 5.67. The van der Waals surface area contributed by atoms with Crippen LogP contribution in [0.5, 0.6) is 0 Å². The van der Waals surface area contributed by atoms with Crippen molar-refractivity contribution in [3.63, 3.8) is 0 Å². The molecule has 0 spiro atoms. The lowest BCUT2D eigenvalue weighted by atomic mass is 10.0. The van der Waals surface area contributed by atoms with Gasteiger partial charge in [0.25, 0.3) is 0 Å². The highest BCUT2D eigenvalue weighted by atomic mass is 32.2. The van der Waals surface area contributed by atoms with Crippen LogP contribution in [0.1, 0.15) is 40.5 Å². The molecule has 27 heavy (non-hydrogen) atoms. The minimum absolute atomic E-state index is 0.0805. The average molecular weight is 391 g/mol. The predicted octanol–water partition coefficient (Wildman–Crippen LogP) is 3.37. The summed E-state index contributed by atoms with van der Waals surface area (Å²) in [6.07, 6.45) is 1.94. The number of nitrogens with zero attached hydrogens (tertiary/aromatic N) is 2. The lowest BCUT2D eigenvalue weighted by Gasteiger charge is -2.34. The SMILES string of the molecule is CCNC(=NCC(C)Sc1ccccc1)NC1CCN(C(=O)C(C)C)CC1. The van der Waals surface area contributed by atoms with E-state index in [9.17, 15) is 4.79 Å². The number of amides is 1. The van der Waals surface area contributed by atoms with E-state index in [0.717, 1.165) is 45.0 Å². The van der Waals surface area contributed by atoms with Crippen molar-refractivity contribution in [3.05, 3.63) is 30.3 Å². The summed E-state index contributed by atoms with van der Waals surface area (Å²) in [5.74, 6) is 1.23. The van der Waals surface area contributed by atoms with Crippen LogP contribution in [0.4, 0.5) is 0 Å². The van der Waals surface area contributed by atoms with Gasteiger partial charge in [-0.15, -0.1) is 11.8 Å². The lowest BCUT2D eigenvalue weighted by molar-refractivity contribution is -0.135. The van der Waals surface area contributed by atoms with Crippen LogP contribution >= 0.6 is 11.8 Å². The first-order valence-corrected chi connectivity index (χ1v) is 10.9. The maximum absolute atomic E-state index is 12.1. The van der Waals surface area contributed by atoms with Crippen molar-refractivity contribution < 1.29 is 4.79 Å². The molecule has 150 valence electrons. The van der Waals surface area contributed by atoms with Gasteiger partial charge in [-0.05, 0) is 31.9 Å². The van der Waals surface area contributed by atoms with E-state index in [4.69, 9.17) is 4.99 Å². The summed E-state index contributed by atoms with van der Waals surface area (Å²) in [5.41, 5.74) is 0. The molecule has 0 aromatic heterocycles. The molecular formula is C21H34N4OS. The zero-order valence-electron chi connectivity index (χ0n) is 17.1. The summed E-state index contributed by atoms with van der Waals surface area (Å²) < 4.78 is 0. The van der Waals surface area contributed by atoms with Crippen LogP contribution in [-0.2, 0) is 4.79 Å². The Balaban J connectivity index is 1.82. The van der Waals surface area contributed by atoms with E-state index in [1.807, 2.05) is 36.6 Å². The molecule has 1 aromatic rings. The van der Waals surface area contributed by atoms with Gasteiger partial charge in [-0.3, -0.25) is 9.79 Å². The molecule has 1 aliphatic heterocycles. The van der Waals surface area contributed by atoms with E-state index in [-0.39, 0.29) is 11.8 Å². The maximum atomic E-state index is 12.1. The van der Waals surface area contributed by atoms with E-state index in [1.54, 1.807) is 0 Å².